The molecule has 0 spiro atoms. The van der Waals surface area contributed by atoms with Crippen molar-refractivity contribution < 1.29 is 14.7 Å². The maximum Gasteiger partial charge on any atom is 0.433 e. The minimum atomic E-state index is -1.31. The Bertz CT molecular complexity index is 496. The van der Waals surface area contributed by atoms with Gasteiger partial charge in [0.15, 0.2) is 0 Å². The number of hydrogen-bond donors (Lipinski definition) is 1. The van der Waals surface area contributed by atoms with Gasteiger partial charge >= 0.3 is 6.09 Å². The van der Waals surface area contributed by atoms with Gasteiger partial charge in [-0.2, -0.15) is 5.01 Å². The van der Waals surface area contributed by atoms with Crippen LogP contribution in [0.3, 0.4) is 0 Å². The van der Waals surface area contributed by atoms with E-state index in [9.17, 15) is 9.59 Å². The number of imide groups is 1. The van der Waals surface area contributed by atoms with E-state index >= 15 is 0 Å². The first-order chi connectivity index (χ1) is 8.74. The summed E-state index contributed by atoms with van der Waals surface area (Å²) in [5.41, 5.74) is 0.909. The normalized spacial score (nSPS) is 17.6. The molecule has 1 atom stereocenters. The maximum absolute atomic E-state index is 11.0. The number of amides is 2. The molecule has 0 saturated carbocycles. The zero-order valence-corrected chi connectivity index (χ0v) is 9.51. The molecule has 1 aromatic carbocycles. The number of carboxylic acid groups (broad SMARTS) is 1. The predicted molar refractivity (Wildman–Crippen MR) is 65.2 cm³/mol. The summed E-state index contributed by atoms with van der Waals surface area (Å²) in [5.74, 6) is 0. The third-order valence-electron chi connectivity index (χ3n) is 2.61. The molecule has 5 heteroatoms. The molecular formula is C13H12N2O3. The van der Waals surface area contributed by atoms with E-state index < -0.39 is 6.09 Å². The van der Waals surface area contributed by atoms with Crippen molar-refractivity contribution in [3.05, 3.63) is 60.3 Å². The number of carbonyl (C=O) groups is 2. The first-order valence-electron chi connectivity index (χ1n) is 5.39. The fourth-order valence-corrected chi connectivity index (χ4v) is 1.81. The number of allylic oxidation sites excluding steroid dienone is 2. The topological polar surface area (TPSA) is 60.9 Å². The van der Waals surface area contributed by atoms with Gasteiger partial charge in [-0.15, -0.1) is 0 Å². The van der Waals surface area contributed by atoms with Crippen molar-refractivity contribution in [3.63, 3.8) is 0 Å². The second kappa shape index (κ2) is 5.18. The highest BCUT2D eigenvalue weighted by molar-refractivity contribution is 5.78. The molecule has 92 valence electrons. The molecule has 1 aromatic rings. The minimum Gasteiger partial charge on any atom is -0.463 e. The zero-order valence-electron chi connectivity index (χ0n) is 9.51. The van der Waals surface area contributed by atoms with Crippen LogP contribution in [-0.4, -0.2) is 27.6 Å². The number of benzene rings is 1. The fourth-order valence-electron chi connectivity index (χ4n) is 1.81. The summed E-state index contributed by atoms with van der Waals surface area (Å²) >= 11 is 0. The molecule has 0 bridgehead atoms. The Morgan fingerprint density at radius 1 is 1.28 bits per heavy atom. The van der Waals surface area contributed by atoms with Crippen molar-refractivity contribution in [1.29, 1.82) is 0 Å². The zero-order chi connectivity index (χ0) is 13.0. The van der Waals surface area contributed by atoms with Crippen molar-refractivity contribution in [2.24, 2.45) is 0 Å². The number of hydrazine groups is 1. The third kappa shape index (κ3) is 2.24. The molecule has 2 rings (SSSR count). The van der Waals surface area contributed by atoms with Crippen LogP contribution < -0.4 is 0 Å². The van der Waals surface area contributed by atoms with Gasteiger partial charge in [0.1, 0.15) is 0 Å². The van der Waals surface area contributed by atoms with Crippen molar-refractivity contribution >= 4 is 12.5 Å². The van der Waals surface area contributed by atoms with Crippen LogP contribution in [0.2, 0.25) is 0 Å². The van der Waals surface area contributed by atoms with Crippen LogP contribution in [0.1, 0.15) is 11.6 Å². The van der Waals surface area contributed by atoms with Crippen LogP contribution in [0.25, 0.3) is 0 Å². The Morgan fingerprint density at radius 2 is 2.00 bits per heavy atom. The van der Waals surface area contributed by atoms with Gasteiger partial charge in [0.05, 0.1) is 6.04 Å². The van der Waals surface area contributed by atoms with E-state index in [1.54, 1.807) is 12.3 Å². The number of hydrogen-bond acceptors (Lipinski definition) is 3. The van der Waals surface area contributed by atoms with Crippen LogP contribution in [0.15, 0.2) is 54.8 Å². The Hall–Kier alpha value is -2.56. The summed E-state index contributed by atoms with van der Waals surface area (Å²) in [6.07, 6.45) is 5.85. The van der Waals surface area contributed by atoms with E-state index in [1.807, 2.05) is 42.5 Å². The lowest BCUT2D eigenvalue weighted by Gasteiger charge is -2.34. The highest BCUT2D eigenvalue weighted by Gasteiger charge is 2.25. The lowest BCUT2D eigenvalue weighted by Crippen LogP contribution is -2.43. The lowest BCUT2D eigenvalue weighted by atomic mass is 10.0. The summed E-state index contributed by atoms with van der Waals surface area (Å²) in [6.45, 7) is 0. The van der Waals surface area contributed by atoms with E-state index in [-0.39, 0.29) is 12.5 Å². The van der Waals surface area contributed by atoms with Crippen molar-refractivity contribution in [3.8, 4) is 0 Å². The molecule has 18 heavy (non-hydrogen) atoms. The SMILES string of the molecule is O=CN(C(=O)O)N1C=CC=C[C@H]1c1ccccc1. The molecule has 1 N–H and O–H groups in total. The molecular weight excluding hydrogens is 232 g/mol. The van der Waals surface area contributed by atoms with E-state index in [1.165, 1.54) is 5.01 Å². The standard InChI is InChI=1S/C13H12N2O3/c16-10-15(13(17)18)14-9-5-4-8-12(14)11-6-2-1-3-7-11/h1-10,12H,(H,17,18)/t12-/m0/s1. The molecule has 0 fully saturated rings. The highest BCUT2D eigenvalue weighted by Crippen LogP contribution is 2.26. The van der Waals surface area contributed by atoms with Gasteiger partial charge in [0.2, 0.25) is 6.41 Å². The summed E-state index contributed by atoms with van der Waals surface area (Å²) < 4.78 is 0. The summed E-state index contributed by atoms with van der Waals surface area (Å²) in [7, 11) is 0. The highest BCUT2D eigenvalue weighted by atomic mass is 16.4. The summed E-state index contributed by atoms with van der Waals surface area (Å²) in [6, 6.07) is 9.07. The van der Waals surface area contributed by atoms with Crippen LogP contribution in [0, 0.1) is 0 Å². The second-order valence-corrected chi connectivity index (χ2v) is 3.69. The Balaban J connectivity index is 2.33. The van der Waals surface area contributed by atoms with Crippen molar-refractivity contribution in [2.75, 3.05) is 0 Å². The van der Waals surface area contributed by atoms with Crippen LogP contribution in [-0.2, 0) is 4.79 Å². The first kappa shape index (κ1) is 11.9. The van der Waals surface area contributed by atoms with Gasteiger partial charge in [-0.3, -0.25) is 9.80 Å². The van der Waals surface area contributed by atoms with E-state index in [2.05, 4.69) is 0 Å². The molecule has 0 aliphatic carbocycles. The smallest absolute Gasteiger partial charge is 0.433 e. The van der Waals surface area contributed by atoms with Gasteiger partial charge in [0, 0.05) is 6.20 Å². The molecule has 2 amide bonds. The molecule has 0 aromatic heterocycles. The number of rotatable bonds is 3. The molecule has 1 aliphatic rings. The van der Waals surface area contributed by atoms with E-state index in [4.69, 9.17) is 5.11 Å². The van der Waals surface area contributed by atoms with Crippen LogP contribution in [0.4, 0.5) is 4.79 Å². The largest absolute Gasteiger partial charge is 0.463 e. The molecule has 5 nitrogen and oxygen atoms in total. The predicted octanol–water partition coefficient (Wildman–Crippen LogP) is 2.16. The molecule has 1 heterocycles. The average molecular weight is 244 g/mol. The van der Waals surface area contributed by atoms with Gasteiger partial charge < -0.3 is 5.11 Å². The van der Waals surface area contributed by atoms with Crippen molar-refractivity contribution in [2.45, 2.75) is 6.04 Å². The lowest BCUT2D eigenvalue weighted by molar-refractivity contribution is -0.127. The first-order valence-corrected chi connectivity index (χ1v) is 5.39. The maximum atomic E-state index is 11.0. The Labute approximate surface area is 104 Å². The van der Waals surface area contributed by atoms with Gasteiger partial charge in [-0.05, 0) is 11.6 Å². The molecule has 1 aliphatic heterocycles. The van der Waals surface area contributed by atoms with Crippen molar-refractivity contribution in [1.82, 2.24) is 10.0 Å². The molecule has 0 saturated heterocycles. The van der Waals surface area contributed by atoms with Gasteiger partial charge in [0.25, 0.3) is 0 Å². The monoisotopic (exact) mass is 244 g/mol. The molecule has 0 radical (unpaired) electrons. The summed E-state index contributed by atoms with van der Waals surface area (Å²) in [5, 5.41) is 11.0. The van der Waals surface area contributed by atoms with E-state index in [0.717, 1.165) is 5.56 Å². The summed E-state index contributed by atoms with van der Waals surface area (Å²) in [4.78, 5) is 21.9. The number of carbonyl (C=O) groups excluding carboxylic acids is 1. The Kier molecular flexibility index (Phi) is 3.43. The van der Waals surface area contributed by atoms with Gasteiger partial charge in [-0.1, -0.05) is 42.5 Å². The van der Waals surface area contributed by atoms with Crippen LogP contribution >= 0.6 is 0 Å². The minimum absolute atomic E-state index is 0.280. The fraction of sp³-hybridized carbons (Fsp3) is 0.0769. The quantitative estimate of drug-likeness (QED) is 0.828. The van der Waals surface area contributed by atoms with E-state index in [0.29, 0.717) is 5.01 Å². The average Bonchev–Trinajstić information content (AvgIpc) is 2.41. The van der Waals surface area contributed by atoms with Gasteiger partial charge in [-0.25, -0.2) is 4.79 Å². The second-order valence-electron chi connectivity index (χ2n) is 3.69. The number of nitrogens with zero attached hydrogens (tertiary/aromatic N) is 2. The Morgan fingerprint density at radius 3 is 2.61 bits per heavy atom. The van der Waals surface area contributed by atoms with Crippen LogP contribution in [0.5, 0.6) is 0 Å². The molecule has 0 unspecified atom stereocenters. The third-order valence-corrected chi connectivity index (χ3v) is 2.61.